The van der Waals surface area contributed by atoms with E-state index in [2.05, 4.69) is 75.0 Å². The summed E-state index contributed by atoms with van der Waals surface area (Å²) in [7, 11) is 0. The van der Waals surface area contributed by atoms with E-state index in [-0.39, 0.29) is 0 Å². The molecule has 0 N–H and O–H groups in total. The third kappa shape index (κ3) is 11.4. The molecule has 8 atom stereocenters. The summed E-state index contributed by atoms with van der Waals surface area (Å²) >= 11 is 0. The number of rotatable bonds is 3. The number of allylic oxidation sites excluding steroid dienone is 3. The molecule has 5 rings (SSSR count). The SMILES string of the molecule is C=C(C)C1=CCCC(C)C1C1CCC(C(C)(C)C)CC1.CC.CC1CCC2CC(C)CC2C1.CCC1CCCCC1C. The second-order valence-electron chi connectivity index (χ2n) is 16.9. The van der Waals surface area contributed by atoms with Crippen LogP contribution in [0, 0.1) is 64.6 Å². The van der Waals surface area contributed by atoms with Crippen LogP contribution < -0.4 is 0 Å². The zero-order valence-corrected chi connectivity index (χ0v) is 30.9. The first-order valence-corrected chi connectivity index (χ1v) is 19.3. The van der Waals surface area contributed by atoms with Gasteiger partial charge >= 0.3 is 0 Å². The Balaban J connectivity index is 0.000000235. The molecule has 0 aromatic heterocycles. The van der Waals surface area contributed by atoms with Crippen molar-refractivity contribution in [3.05, 3.63) is 23.8 Å². The quantitative estimate of drug-likeness (QED) is 0.310. The maximum absolute atomic E-state index is 4.24. The fourth-order valence-corrected chi connectivity index (χ4v) is 9.94. The van der Waals surface area contributed by atoms with Crippen LogP contribution in [0.2, 0.25) is 0 Å². The van der Waals surface area contributed by atoms with Crippen LogP contribution >= 0.6 is 0 Å². The molecule has 0 bridgehead atoms. The molecular formula is C42H78. The molecule has 0 aromatic rings. The highest BCUT2D eigenvalue weighted by atomic mass is 14.4. The van der Waals surface area contributed by atoms with Gasteiger partial charge in [0.15, 0.2) is 0 Å². The lowest BCUT2D eigenvalue weighted by Crippen LogP contribution is -2.33. The number of hydrogen-bond acceptors (Lipinski definition) is 0. The van der Waals surface area contributed by atoms with Gasteiger partial charge in [-0.05, 0) is 141 Å². The van der Waals surface area contributed by atoms with Crippen LogP contribution in [-0.4, -0.2) is 0 Å². The summed E-state index contributed by atoms with van der Waals surface area (Å²) in [6.45, 7) is 29.8. The third-order valence-corrected chi connectivity index (χ3v) is 12.6. The molecule has 0 saturated heterocycles. The van der Waals surface area contributed by atoms with E-state index in [0.717, 1.165) is 59.2 Å². The summed E-state index contributed by atoms with van der Waals surface area (Å²) in [6, 6.07) is 0. The van der Waals surface area contributed by atoms with Gasteiger partial charge in [0.05, 0.1) is 0 Å². The molecule has 4 fully saturated rings. The highest BCUT2D eigenvalue weighted by molar-refractivity contribution is 5.31. The minimum Gasteiger partial charge on any atom is -0.0958 e. The molecule has 5 aliphatic carbocycles. The molecule has 5 aliphatic rings. The maximum atomic E-state index is 4.24. The van der Waals surface area contributed by atoms with Crippen molar-refractivity contribution in [3.63, 3.8) is 0 Å². The van der Waals surface area contributed by atoms with Gasteiger partial charge in [0.1, 0.15) is 0 Å². The van der Waals surface area contributed by atoms with Crippen LogP contribution in [0.4, 0.5) is 0 Å². The first kappa shape index (κ1) is 37.7. The summed E-state index contributed by atoms with van der Waals surface area (Å²) < 4.78 is 0. The van der Waals surface area contributed by atoms with Crippen molar-refractivity contribution < 1.29 is 0 Å². The molecular weight excluding hydrogens is 504 g/mol. The third-order valence-electron chi connectivity index (χ3n) is 12.6. The van der Waals surface area contributed by atoms with E-state index in [1.54, 1.807) is 5.57 Å². The van der Waals surface area contributed by atoms with Gasteiger partial charge in [-0.15, -0.1) is 0 Å². The normalized spacial score (nSPS) is 38.2. The van der Waals surface area contributed by atoms with Crippen molar-refractivity contribution in [3.8, 4) is 0 Å². The molecule has 42 heavy (non-hydrogen) atoms. The van der Waals surface area contributed by atoms with E-state index in [9.17, 15) is 0 Å². The predicted octanol–water partition coefficient (Wildman–Crippen LogP) is 14.1. The molecule has 0 aromatic carbocycles. The fraction of sp³-hybridized carbons (Fsp3) is 0.905. The van der Waals surface area contributed by atoms with Crippen LogP contribution in [0.5, 0.6) is 0 Å². The van der Waals surface area contributed by atoms with Crippen LogP contribution in [0.3, 0.4) is 0 Å². The number of fused-ring (bicyclic) bond motifs is 1. The van der Waals surface area contributed by atoms with Gasteiger partial charge < -0.3 is 0 Å². The molecule has 0 aliphatic heterocycles. The van der Waals surface area contributed by atoms with Gasteiger partial charge in [-0.1, -0.05) is 126 Å². The van der Waals surface area contributed by atoms with Crippen molar-refractivity contribution >= 4 is 0 Å². The maximum Gasteiger partial charge on any atom is -0.0109 e. The van der Waals surface area contributed by atoms with Gasteiger partial charge in [-0.2, -0.15) is 0 Å². The lowest BCUT2D eigenvalue weighted by molar-refractivity contribution is 0.114. The Labute approximate surface area is 266 Å². The Morgan fingerprint density at radius 2 is 1.29 bits per heavy atom. The second-order valence-corrected chi connectivity index (χ2v) is 16.9. The molecule has 0 heteroatoms. The summed E-state index contributed by atoms with van der Waals surface area (Å²) in [5.74, 6) is 9.86. The van der Waals surface area contributed by atoms with Crippen LogP contribution in [0.1, 0.15) is 179 Å². The molecule has 4 saturated carbocycles. The Morgan fingerprint density at radius 1 is 0.714 bits per heavy atom. The number of hydrogen-bond donors (Lipinski definition) is 0. The fourth-order valence-electron chi connectivity index (χ4n) is 9.94. The van der Waals surface area contributed by atoms with Crippen LogP contribution in [0.25, 0.3) is 0 Å². The summed E-state index contributed by atoms with van der Waals surface area (Å²) in [6.07, 6.45) is 25.9. The molecule has 0 heterocycles. The minimum absolute atomic E-state index is 0.496. The van der Waals surface area contributed by atoms with Crippen molar-refractivity contribution in [1.82, 2.24) is 0 Å². The molecule has 8 unspecified atom stereocenters. The molecule has 0 amide bonds. The van der Waals surface area contributed by atoms with Gasteiger partial charge in [0.2, 0.25) is 0 Å². The zero-order valence-electron chi connectivity index (χ0n) is 30.9. The van der Waals surface area contributed by atoms with Gasteiger partial charge in [-0.25, -0.2) is 0 Å². The van der Waals surface area contributed by atoms with Crippen LogP contribution in [0.15, 0.2) is 23.8 Å². The van der Waals surface area contributed by atoms with Crippen molar-refractivity contribution in [2.75, 3.05) is 0 Å². The van der Waals surface area contributed by atoms with E-state index in [0.29, 0.717) is 5.41 Å². The Kier molecular flexibility index (Phi) is 16.5. The zero-order chi connectivity index (χ0) is 31.4. The van der Waals surface area contributed by atoms with E-state index in [4.69, 9.17) is 0 Å². The topological polar surface area (TPSA) is 0 Å². The monoisotopic (exact) mass is 583 g/mol. The summed E-state index contributed by atoms with van der Waals surface area (Å²) in [5, 5.41) is 0. The summed E-state index contributed by atoms with van der Waals surface area (Å²) in [5.41, 5.74) is 3.42. The Bertz CT molecular complexity index is 770. The van der Waals surface area contributed by atoms with E-state index in [1.807, 2.05) is 13.8 Å². The van der Waals surface area contributed by atoms with E-state index < -0.39 is 0 Å². The second kappa shape index (κ2) is 18.4. The minimum atomic E-state index is 0.496. The summed E-state index contributed by atoms with van der Waals surface area (Å²) in [4.78, 5) is 0. The average Bonchev–Trinajstić information content (AvgIpc) is 3.33. The lowest BCUT2D eigenvalue weighted by atomic mass is 9.62. The van der Waals surface area contributed by atoms with Gasteiger partial charge in [0, 0.05) is 0 Å². The smallest absolute Gasteiger partial charge is 0.0109 e. The molecule has 0 spiro atoms. The van der Waals surface area contributed by atoms with E-state index in [1.165, 1.54) is 108 Å². The largest absolute Gasteiger partial charge is 0.0958 e. The highest BCUT2D eigenvalue weighted by Gasteiger charge is 2.37. The Hall–Kier alpha value is -0.520. The highest BCUT2D eigenvalue weighted by Crippen LogP contribution is 2.48. The van der Waals surface area contributed by atoms with Crippen molar-refractivity contribution in [2.24, 2.45) is 64.6 Å². The molecule has 246 valence electrons. The molecule has 0 nitrogen and oxygen atoms in total. The van der Waals surface area contributed by atoms with Crippen molar-refractivity contribution in [2.45, 2.75) is 179 Å². The standard InChI is InChI=1S/C20H34.C11H20.C9H18.C2H6/c1-14(2)18-9-7-8-15(3)19(18)16-10-12-17(13-11-16)20(4,5)6;1-8-3-4-10-6-9(2)7-11(10)5-8;1-3-9-7-5-4-6-8(9)2;1-2/h9,15-17,19H,1,7-8,10-13H2,2-6H3;8-11H,3-7H2,1-2H3;8-9H,3-7H2,1-2H3;1-2H3. The lowest BCUT2D eigenvalue weighted by Gasteiger charge is -2.43. The average molecular weight is 583 g/mol. The van der Waals surface area contributed by atoms with Crippen molar-refractivity contribution in [1.29, 1.82) is 0 Å². The van der Waals surface area contributed by atoms with Crippen LogP contribution in [-0.2, 0) is 0 Å². The first-order valence-electron chi connectivity index (χ1n) is 19.3. The van der Waals surface area contributed by atoms with E-state index >= 15 is 0 Å². The Morgan fingerprint density at radius 3 is 1.83 bits per heavy atom. The molecule has 0 radical (unpaired) electrons. The van der Waals surface area contributed by atoms with Gasteiger partial charge in [-0.3, -0.25) is 0 Å². The predicted molar refractivity (Wildman–Crippen MR) is 191 cm³/mol. The van der Waals surface area contributed by atoms with Gasteiger partial charge in [0.25, 0.3) is 0 Å². The first-order chi connectivity index (χ1) is 19.9.